The van der Waals surface area contributed by atoms with E-state index in [1.807, 2.05) is 0 Å². The van der Waals surface area contributed by atoms with E-state index in [1.165, 1.54) is 18.7 Å². The molecule has 1 fully saturated rings. The van der Waals surface area contributed by atoms with Gasteiger partial charge in [-0.2, -0.15) is 13.2 Å². The van der Waals surface area contributed by atoms with Crippen LogP contribution in [0.5, 0.6) is 0 Å². The van der Waals surface area contributed by atoms with Gasteiger partial charge >= 0.3 is 6.18 Å². The minimum Gasteiger partial charge on any atom is -0.390 e. The van der Waals surface area contributed by atoms with Crippen molar-refractivity contribution in [2.45, 2.75) is 38.1 Å². The third-order valence-electron chi connectivity index (χ3n) is 2.66. The van der Waals surface area contributed by atoms with Crippen LogP contribution in [0, 0.1) is 0 Å². The fourth-order valence-electron chi connectivity index (χ4n) is 1.92. The maximum atomic E-state index is 12.9. The fraction of sp³-hybridized carbons (Fsp3) is 1.00. The number of rotatable bonds is 3. The molecule has 0 aromatic carbocycles. The van der Waals surface area contributed by atoms with Crippen LogP contribution in [0.1, 0.15) is 20.3 Å². The van der Waals surface area contributed by atoms with Crippen molar-refractivity contribution in [3.05, 3.63) is 0 Å². The summed E-state index contributed by atoms with van der Waals surface area (Å²) < 4.78 is 38.6. The molecule has 6 heteroatoms. The van der Waals surface area contributed by atoms with E-state index < -0.39 is 17.8 Å². The van der Waals surface area contributed by atoms with Crippen LogP contribution in [-0.2, 0) is 0 Å². The molecule has 0 aromatic heterocycles. The third kappa shape index (κ3) is 4.27. The van der Waals surface area contributed by atoms with Crippen LogP contribution >= 0.6 is 0 Å². The highest BCUT2D eigenvalue weighted by molar-refractivity contribution is 4.86. The molecular formula is C10H19F3N2O. The monoisotopic (exact) mass is 240 g/mol. The van der Waals surface area contributed by atoms with E-state index >= 15 is 0 Å². The van der Waals surface area contributed by atoms with E-state index in [0.29, 0.717) is 26.2 Å². The Labute approximate surface area is 93.6 Å². The van der Waals surface area contributed by atoms with Crippen molar-refractivity contribution >= 4 is 0 Å². The van der Waals surface area contributed by atoms with E-state index in [0.717, 1.165) is 0 Å². The number of hydrogen-bond donors (Lipinski definition) is 2. The molecule has 2 N–H and O–H groups in total. The smallest absolute Gasteiger partial charge is 0.390 e. The van der Waals surface area contributed by atoms with Crippen LogP contribution in [-0.4, -0.2) is 54.0 Å². The maximum absolute atomic E-state index is 12.9. The largest absolute Gasteiger partial charge is 0.404 e. The summed E-state index contributed by atoms with van der Waals surface area (Å²) in [5.41, 5.74) is -1.30. The molecule has 1 unspecified atom stereocenters. The molecular weight excluding hydrogens is 221 g/mol. The van der Waals surface area contributed by atoms with Crippen LogP contribution in [0.4, 0.5) is 13.2 Å². The summed E-state index contributed by atoms with van der Waals surface area (Å²) in [5, 5.41) is 12.6. The lowest BCUT2D eigenvalue weighted by molar-refractivity contribution is -0.197. The zero-order valence-electron chi connectivity index (χ0n) is 9.64. The van der Waals surface area contributed by atoms with Crippen LogP contribution in [0.3, 0.4) is 0 Å². The van der Waals surface area contributed by atoms with E-state index in [4.69, 9.17) is 0 Å². The molecule has 1 atom stereocenters. The number of piperazine rings is 1. The summed E-state index contributed by atoms with van der Waals surface area (Å²) in [5.74, 6) is 0. The lowest BCUT2D eigenvalue weighted by Gasteiger charge is -2.38. The lowest BCUT2D eigenvalue weighted by atomic mass is 9.97. The summed E-state index contributed by atoms with van der Waals surface area (Å²) in [6.45, 7) is 4.71. The van der Waals surface area contributed by atoms with Gasteiger partial charge in [0.1, 0.15) is 6.04 Å². The Balaban J connectivity index is 2.70. The Hall–Kier alpha value is -0.330. The van der Waals surface area contributed by atoms with Crippen molar-refractivity contribution in [1.82, 2.24) is 10.2 Å². The molecule has 1 aliphatic heterocycles. The van der Waals surface area contributed by atoms with Gasteiger partial charge in [0, 0.05) is 26.2 Å². The quantitative estimate of drug-likeness (QED) is 0.772. The zero-order chi connectivity index (χ0) is 12.4. The second kappa shape index (κ2) is 4.89. The molecule has 0 bridgehead atoms. The summed E-state index contributed by atoms with van der Waals surface area (Å²) in [4.78, 5) is 1.40. The number of hydrogen-bond acceptors (Lipinski definition) is 3. The number of alkyl halides is 3. The van der Waals surface area contributed by atoms with Crippen molar-refractivity contribution in [3.8, 4) is 0 Å². The number of nitrogens with zero attached hydrogens (tertiary/aromatic N) is 1. The predicted octanol–water partition coefficient (Wildman–Crippen LogP) is 0.983. The van der Waals surface area contributed by atoms with E-state index in [1.54, 1.807) is 0 Å². The second-order valence-electron chi connectivity index (χ2n) is 4.86. The van der Waals surface area contributed by atoms with Crippen molar-refractivity contribution in [2.24, 2.45) is 0 Å². The normalized spacial score (nSPS) is 22.1. The third-order valence-corrected chi connectivity index (χ3v) is 2.66. The van der Waals surface area contributed by atoms with Gasteiger partial charge in [0.25, 0.3) is 0 Å². The highest BCUT2D eigenvalue weighted by atomic mass is 19.4. The minimum absolute atomic E-state index is 0.281. The van der Waals surface area contributed by atoms with Gasteiger partial charge in [-0.15, -0.1) is 0 Å². The number of halogens is 3. The molecule has 3 nitrogen and oxygen atoms in total. The van der Waals surface area contributed by atoms with Crippen LogP contribution in [0.15, 0.2) is 0 Å². The molecule has 0 amide bonds. The van der Waals surface area contributed by atoms with E-state index in [-0.39, 0.29) is 6.42 Å². The second-order valence-corrected chi connectivity index (χ2v) is 4.86. The van der Waals surface area contributed by atoms with E-state index in [2.05, 4.69) is 5.32 Å². The highest BCUT2D eigenvalue weighted by Gasteiger charge is 2.45. The fourth-order valence-corrected chi connectivity index (χ4v) is 1.92. The van der Waals surface area contributed by atoms with Gasteiger partial charge in [-0.3, -0.25) is 4.90 Å². The Bertz CT molecular complexity index is 219. The molecule has 1 rings (SSSR count). The van der Waals surface area contributed by atoms with Gasteiger partial charge < -0.3 is 10.4 Å². The molecule has 1 aliphatic rings. The first-order valence-corrected chi connectivity index (χ1v) is 5.44. The molecule has 0 aromatic rings. The average Bonchev–Trinajstić information content (AvgIpc) is 2.13. The standard InChI is InChI=1S/C10H19F3N2O/c1-9(2,16)7-8(10(11,12)13)15-5-3-14-4-6-15/h8,14,16H,3-7H2,1-2H3. The highest BCUT2D eigenvalue weighted by Crippen LogP contribution is 2.30. The minimum atomic E-state index is -4.28. The molecule has 16 heavy (non-hydrogen) atoms. The van der Waals surface area contributed by atoms with E-state index in [9.17, 15) is 18.3 Å². The topological polar surface area (TPSA) is 35.5 Å². The lowest BCUT2D eigenvalue weighted by Crippen LogP contribution is -2.55. The first kappa shape index (κ1) is 13.7. The van der Waals surface area contributed by atoms with Crippen molar-refractivity contribution in [3.63, 3.8) is 0 Å². The average molecular weight is 240 g/mol. The first-order chi connectivity index (χ1) is 7.20. The molecule has 0 spiro atoms. The Morgan fingerprint density at radius 1 is 1.25 bits per heavy atom. The van der Waals surface area contributed by atoms with Gasteiger partial charge in [-0.1, -0.05) is 0 Å². The van der Waals surface area contributed by atoms with Crippen LogP contribution in [0.2, 0.25) is 0 Å². The zero-order valence-corrected chi connectivity index (χ0v) is 9.64. The summed E-state index contributed by atoms with van der Waals surface area (Å²) in [7, 11) is 0. The molecule has 1 heterocycles. The predicted molar refractivity (Wildman–Crippen MR) is 55.2 cm³/mol. The van der Waals surface area contributed by atoms with Gasteiger partial charge in [-0.05, 0) is 20.3 Å². The maximum Gasteiger partial charge on any atom is 0.404 e. The Morgan fingerprint density at radius 3 is 2.12 bits per heavy atom. The molecule has 0 radical (unpaired) electrons. The molecule has 96 valence electrons. The van der Waals surface area contributed by atoms with Crippen LogP contribution < -0.4 is 5.32 Å². The molecule has 0 aliphatic carbocycles. The van der Waals surface area contributed by atoms with Gasteiger partial charge in [0.2, 0.25) is 0 Å². The van der Waals surface area contributed by atoms with Crippen molar-refractivity contribution in [1.29, 1.82) is 0 Å². The number of aliphatic hydroxyl groups is 1. The van der Waals surface area contributed by atoms with Gasteiger partial charge in [-0.25, -0.2) is 0 Å². The van der Waals surface area contributed by atoms with Crippen LogP contribution in [0.25, 0.3) is 0 Å². The molecule has 1 saturated heterocycles. The SMILES string of the molecule is CC(C)(O)CC(N1CCNCC1)C(F)(F)F. The first-order valence-electron chi connectivity index (χ1n) is 5.44. The van der Waals surface area contributed by atoms with Gasteiger partial charge in [0.15, 0.2) is 0 Å². The van der Waals surface area contributed by atoms with Gasteiger partial charge in [0.05, 0.1) is 5.60 Å². The summed E-state index contributed by atoms with van der Waals surface area (Å²) >= 11 is 0. The summed E-state index contributed by atoms with van der Waals surface area (Å²) in [6.07, 6.45) is -4.56. The Morgan fingerprint density at radius 2 is 1.75 bits per heavy atom. The summed E-state index contributed by atoms with van der Waals surface area (Å²) in [6, 6.07) is -1.55. The van der Waals surface area contributed by atoms with Crippen molar-refractivity contribution in [2.75, 3.05) is 26.2 Å². The molecule has 0 saturated carbocycles. The van der Waals surface area contributed by atoms with Crippen molar-refractivity contribution < 1.29 is 18.3 Å². The Kier molecular flexibility index (Phi) is 4.20. The number of nitrogens with one attached hydrogen (secondary N) is 1.